The lowest BCUT2D eigenvalue weighted by Gasteiger charge is -2.02. The van der Waals surface area contributed by atoms with Crippen LogP contribution in [0, 0.1) is 11.8 Å². The molecule has 0 bridgehead atoms. The Labute approximate surface area is 141 Å². The number of hydrogen-bond acceptors (Lipinski definition) is 3. The summed E-state index contributed by atoms with van der Waals surface area (Å²) in [6, 6.07) is 8.03. The van der Waals surface area contributed by atoms with Crippen molar-refractivity contribution in [2.75, 3.05) is 7.11 Å². The fraction of sp³-hybridized carbons (Fsp3) is 0.368. The molecule has 5 nitrogen and oxygen atoms in total. The lowest BCUT2D eigenvalue weighted by atomic mass is 10.1. The highest BCUT2D eigenvalue weighted by Gasteiger charge is 2.02. The number of methoxy groups -OCH3 is 1. The zero-order chi connectivity index (χ0) is 17.4. The Hall–Kier alpha value is -2.58. The molecule has 126 valence electrons. The van der Waals surface area contributed by atoms with Crippen LogP contribution in [0.1, 0.15) is 42.9 Å². The second-order valence-corrected chi connectivity index (χ2v) is 5.59. The van der Waals surface area contributed by atoms with E-state index >= 15 is 0 Å². The van der Waals surface area contributed by atoms with Crippen LogP contribution in [0.3, 0.4) is 0 Å². The molecule has 1 aromatic carbocycles. The fourth-order valence-electron chi connectivity index (χ4n) is 2.31. The summed E-state index contributed by atoms with van der Waals surface area (Å²) in [7, 11) is 1.48. The van der Waals surface area contributed by atoms with E-state index in [-0.39, 0.29) is 12.3 Å². The maximum Gasteiger partial charge on any atom is 0.330 e. The topological polar surface area (TPSA) is 64.1 Å². The number of ether oxygens (including phenoxy) is 1. The molecule has 1 heterocycles. The van der Waals surface area contributed by atoms with Crippen LogP contribution in [0.15, 0.2) is 40.1 Å². The van der Waals surface area contributed by atoms with Gasteiger partial charge < -0.3 is 4.74 Å². The lowest BCUT2D eigenvalue weighted by molar-refractivity contribution is 0.126. The summed E-state index contributed by atoms with van der Waals surface area (Å²) in [5, 5.41) is 0. The Kier molecular flexibility index (Phi) is 6.59. The molecule has 0 radical (unpaired) electrons. The first-order valence-corrected chi connectivity index (χ1v) is 8.07. The monoisotopic (exact) mass is 326 g/mol. The zero-order valence-electron chi connectivity index (χ0n) is 14.1. The number of H-pyrrole nitrogens is 1. The standard InChI is InChI=1S/C19H22N2O3/c1-3-4-5-6-15-7-9-16(10-8-15)11-12-17-13-21(14-24-2)19(23)20-18(17)22/h7-10,13H,3-6,14H2,1-2H3,(H,20,22,23). The van der Waals surface area contributed by atoms with Crippen molar-refractivity contribution in [3.05, 3.63) is 68.0 Å². The van der Waals surface area contributed by atoms with Crippen LogP contribution in [-0.4, -0.2) is 16.7 Å². The van der Waals surface area contributed by atoms with E-state index in [0.717, 1.165) is 12.0 Å². The summed E-state index contributed by atoms with van der Waals surface area (Å²) in [6.07, 6.45) is 6.13. The molecule has 1 aromatic heterocycles. The van der Waals surface area contributed by atoms with Crippen LogP contribution in [0.4, 0.5) is 0 Å². The largest absolute Gasteiger partial charge is 0.364 e. The van der Waals surface area contributed by atoms with Gasteiger partial charge >= 0.3 is 5.69 Å². The number of hydrogen-bond donors (Lipinski definition) is 1. The van der Waals surface area contributed by atoms with Gasteiger partial charge in [0.25, 0.3) is 5.56 Å². The first-order valence-electron chi connectivity index (χ1n) is 8.07. The molecule has 0 spiro atoms. The molecule has 0 fully saturated rings. The third kappa shape index (κ3) is 4.97. The Morgan fingerprint density at radius 2 is 1.88 bits per heavy atom. The third-order valence-electron chi connectivity index (χ3n) is 3.64. The quantitative estimate of drug-likeness (QED) is 0.654. The van der Waals surface area contributed by atoms with Gasteiger partial charge in [-0.05, 0) is 30.5 Å². The molecular weight excluding hydrogens is 304 g/mol. The van der Waals surface area contributed by atoms with E-state index in [1.54, 1.807) is 0 Å². The number of nitrogens with one attached hydrogen (secondary N) is 1. The van der Waals surface area contributed by atoms with Crippen molar-refractivity contribution in [2.45, 2.75) is 39.3 Å². The molecule has 0 aliphatic heterocycles. The van der Waals surface area contributed by atoms with E-state index in [4.69, 9.17) is 4.74 Å². The highest BCUT2D eigenvalue weighted by atomic mass is 16.5. The minimum Gasteiger partial charge on any atom is -0.364 e. The van der Waals surface area contributed by atoms with Gasteiger partial charge in [-0.3, -0.25) is 14.3 Å². The van der Waals surface area contributed by atoms with Crippen molar-refractivity contribution in [2.24, 2.45) is 0 Å². The molecule has 0 atom stereocenters. The molecular formula is C19H22N2O3. The van der Waals surface area contributed by atoms with Gasteiger partial charge in [-0.2, -0.15) is 0 Å². The average Bonchev–Trinajstić information content (AvgIpc) is 2.58. The van der Waals surface area contributed by atoms with E-state index in [0.29, 0.717) is 0 Å². The molecule has 2 rings (SSSR count). The van der Waals surface area contributed by atoms with E-state index in [1.807, 2.05) is 12.1 Å². The SMILES string of the molecule is CCCCCc1ccc(C#Cc2cn(COC)c(=O)[nH]c2=O)cc1. The number of unbranched alkanes of at least 4 members (excludes halogenated alkanes) is 2. The van der Waals surface area contributed by atoms with Crippen LogP contribution in [0.5, 0.6) is 0 Å². The second-order valence-electron chi connectivity index (χ2n) is 5.59. The molecule has 0 aliphatic rings. The number of nitrogens with zero attached hydrogens (tertiary/aromatic N) is 1. The van der Waals surface area contributed by atoms with Gasteiger partial charge in [0, 0.05) is 18.9 Å². The van der Waals surface area contributed by atoms with Gasteiger partial charge in [-0.1, -0.05) is 43.7 Å². The van der Waals surface area contributed by atoms with Crippen molar-refractivity contribution < 1.29 is 4.74 Å². The molecule has 0 aliphatic carbocycles. The minimum absolute atomic E-state index is 0.0662. The smallest absolute Gasteiger partial charge is 0.330 e. The maximum atomic E-state index is 11.8. The van der Waals surface area contributed by atoms with Crippen molar-refractivity contribution in [3.63, 3.8) is 0 Å². The lowest BCUT2D eigenvalue weighted by Crippen LogP contribution is -2.31. The summed E-state index contributed by atoms with van der Waals surface area (Å²) >= 11 is 0. The van der Waals surface area contributed by atoms with Gasteiger partial charge in [0.2, 0.25) is 0 Å². The minimum atomic E-state index is -0.510. The highest BCUT2D eigenvalue weighted by molar-refractivity contribution is 5.41. The van der Waals surface area contributed by atoms with Gasteiger partial charge in [-0.15, -0.1) is 0 Å². The number of benzene rings is 1. The Morgan fingerprint density at radius 3 is 2.54 bits per heavy atom. The average molecular weight is 326 g/mol. The molecule has 5 heteroatoms. The van der Waals surface area contributed by atoms with Crippen LogP contribution >= 0.6 is 0 Å². The number of aryl methyl sites for hydroxylation is 1. The van der Waals surface area contributed by atoms with Crippen molar-refractivity contribution in [1.82, 2.24) is 9.55 Å². The van der Waals surface area contributed by atoms with Crippen LogP contribution in [0.2, 0.25) is 0 Å². The molecule has 0 saturated heterocycles. The number of rotatable bonds is 6. The van der Waals surface area contributed by atoms with Crippen molar-refractivity contribution in [1.29, 1.82) is 0 Å². The zero-order valence-corrected chi connectivity index (χ0v) is 14.1. The van der Waals surface area contributed by atoms with Crippen LogP contribution < -0.4 is 11.2 Å². The predicted molar refractivity (Wildman–Crippen MR) is 94.0 cm³/mol. The summed E-state index contributed by atoms with van der Waals surface area (Å²) in [6.45, 7) is 2.26. The molecule has 1 N–H and O–H groups in total. The Bertz CT molecular complexity index is 836. The van der Waals surface area contributed by atoms with E-state index in [2.05, 4.69) is 35.9 Å². The van der Waals surface area contributed by atoms with E-state index in [9.17, 15) is 9.59 Å². The molecule has 0 amide bonds. The molecule has 0 saturated carbocycles. The van der Waals surface area contributed by atoms with E-state index in [1.165, 1.54) is 42.7 Å². The first kappa shape index (κ1) is 17.8. The summed E-state index contributed by atoms with van der Waals surface area (Å²) < 4.78 is 6.18. The first-order chi connectivity index (χ1) is 11.6. The number of aromatic amines is 1. The third-order valence-corrected chi connectivity index (χ3v) is 3.64. The Morgan fingerprint density at radius 1 is 1.12 bits per heavy atom. The highest BCUT2D eigenvalue weighted by Crippen LogP contribution is 2.08. The normalized spacial score (nSPS) is 10.2. The summed E-state index contributed by atoms with van der Waals surface area (Å²) in [4.78, 5) is 25.6. The molecule has 0 unspecified atom stereocenters. The van der Waals surface area contributed by atoms with Crippen LogP contribution in [-0.2, 0) is 17.9 Å². The Balaban J connectivity index is 2.16. The second kappa shape index (κ2) is 8.90. The van der Waals surface area contributed by atoms with Crippen LogP contribution in [0.25, 0.3) is 0 Å². The van der Waals surface area contributed by atoms with E-state index < -0.39 is 11.2 Å². The van der Waals surface area contributed by atoms with Gasteiger partial charge in [0.05, 0.1) is 0 Å². The van der Waals surface area contributed by atoms with Crippen molar-refractivity contribution in [3.8, 4) is 11.8 Å². The van der Waals surface area contributed by atoms with Crippen molar-refractivity contribution >= 4 is 0 Å². The van der Waals surface area contributed by atoms with Gasteiger partial charge in [-0.25, -0.2) is 4.79 Å². The maximum absolute atomic E-state index is 11.8. The molecule has 2 aromatic rings. The fourth-order valence-corrected chi connectivity index (χ4v) is 2.31. The van der Waals surface area contributed by atoms with Gasteiger partial charge in [0.15, 0.2) is 0 Å². The summed E-state index contributed by atoms with van der Waals surface area (Å²) in [5.41, 5.74) is 1.36. The summed E-state index contributed by atoms with van der Waals surface area (Å²) in [5.74, 6) is 5.78. The number of aromatic nitrogens is 2. The predicted octanol–water partition coefficient (Wildman–Crippen LogP) is 2.27. The molecule has 24 heavy (non-hydrogen) atoms. The van der Waals surface area contributed by atoms with Gasteiger partial charge in [0.1, 0.15) is 12.3 Å².